The van der Waals surface area contributed by atoms with Crippen molar-refractivity contribution in [2.45, 2.75) is 18.2 Å². The number of ether oxygens (including phenoxy) is 1. The van der Waals surface area contributed by atoms with Crippen LogP contribution in [0, 0.1) is 0 Å². The molecule has 0 aliphatic carbocycles. The minimum Gasteiger partial charge on any atom is -0.370 e. The maximum atomic E-state index is 11.6. The first kappa shape index (κ1) is 14.2. The molecular formula is C12H19NO3S. The molecule has 5 heteroatoms. The van der Waals surface area contributed by atoms with E-state index in [0.29, 0.717) is 11.6 Å². The maximum absolute atomic E-state index is 11.6. The van der Waals surface area contributed by atoms with Gasteiger partial charge >= 0.3 is 0 Å². The van der Waals surface area contributed by atoms with Crippen LogP contribution in [0.25, 0.3) is 0 Å². The summed E-state index contributed by atoms with van der Waals surface area (Å²) in [5, 5.41) is 3.10. The number of sulfone groups is 1. The van der Waals surface area contributed by atoms with Gasteiger partial charge in [-0.1, -0.05) is 19.1 Å². The van der Waals surface area contributed by atoms with Crippen molar-refractivity contribution in [3.63, 3.8) is 0 Å². The van der Waals surface area contributed by atoms with E-state index < -0.39 is 9.84 Å². The van der Waals surface area contributed by atoms with Crippen molar-refractivity contribution >= 4 is 9.84 Å². The van der Waals surface area contributed by atoms with E-state index in [0.717, 1.165) is 18.5 Å². The Morgan fingerprint density at radius 2 is 1.88 bits per heavy atom. The smallest absolute Gasteiger partial charge is 0.178 e. The zero-order valence-corrected chi connectivity index (χ0v) is 11.1. The average Bonchev–Trinajstić information content (AvgIpc) is 2.35. The highest BCUT2D eigenvalue weighted by molar-refractivity contribution is 7.91. The molecule has 0 aromatic heterocycles. The summed E-state index contributed by atoms with van der Waals surface area (Å²) in [5.41, 5.74) is 1.11. The van der Waals surface area contributed by atoms with Crippen LogP contribution < -0.4 is 5.32 Å². The van der Waals surface area contributed by atoms with Crippen LogP contribution in [-0.2, 0) is 21.0 Å². The molecule has 0 spiro atoms. The lowest BCUT2D eigenvalue weighted by molar-refractivity contribution is 0.176. The van der Waals surface area contributed by atoms with Gasteiger partial charge in [-0.05, 0) is 24.1 Å². The van der Waals surface area contributed by atoms with Gasteiger partial charge in [-0.3, -0.25) is 5.32 Å². The van der Waals surface area contributed by atoms with E-state index in [1.165, 1.54) is 0 Å². The second kappa shape index (κ2) is 6.74. The molecule has 0 saturated heterocycles. The van der Waals surface area contributed by atoms with Gasteiger partial charge in [0.1, 0.15) is 0 Å². The third-order valence-electron chi connectivity index (χ3n) is 2.50. The summed E-state index contributed by atoms with van der Waals surface area (Å²) in [6, 6.07) is 7.06. The zero-order valence-electron chi connectivity index (χ0n) is 10.3. The molecule has 1 aromatic rings. The van der Waals surface area contributed by atoms with E-state index in [1.807, 2.05) is 12.1 Å². The van der Waals surface area contributed by atoms with Crippen LogP contribution in [-0.4, -0.2) is 34.6 Å². The first-order chi connectivity index (χ1) is 8.10. The maximum Gasteiger partial charge on any atom is 0.178 e. The van der Waals surface area contributed by atoms with Crippen LogP contribution in [0.15, 0.2) is 29.2 Å². The van der Waals surface area contributed by atoms with Gasteiger partial charge in [-0.2, -0.15) is 0 Å². The molecule has 0 aliphatic heterocycles. The zero-order chi connectivity index (χ0) is 12.7. The molecule has 0 amide bonds. The summed E-state index contributed by atoms with van der Waals surface area (Å²) in [5.74, 6) is 0.141. The van der Waals surface area contributed by atoms with Gasteiger partial charge < -0.3 is 4.74 Å². The van der Waals surface area contributed by atoms with E-state index in [9.17, 15) is 8.42 Å². The van der Waals surface area contributed by atoms with Crippen molar-refractivity contribution in [3.8, 4) is 0 Å². The monoisotopic (exact) mass is 257 g/mol. The lowest BCUT2D eigenvalue weighted by Gasteiger charge is -2.05. The van der Waals surface area contributed by atoms with Gasteiger partial charge in [0, 0.05) is 13.7 Å². The molecule has 96 valence electrons. The molecule has 0 atom stereocenters. The standard InChI is InChI=1S/C12H19NO3S/c1-3-17(14,15)12-6-4-11(5-7-12)8-9-13-10-16-2/h4-7,13H,3,8-10H2,1-2H3. The molecule has 0 heterocycles. The Kier molecular flexibility index (Phi) is 5.61. The van der Waals surface area contributed by atoms with Crippen molar-refractivity contribution in [1.82, 2.24) is 5.32 Å². The Morgan fingerprint density at radius 3 is 2.41 bits per heavy atom. The minimum atomic E-state index is -3.08. The van der Waals surface area contributed by atoms with E-state index in [4.69, 9.17) is 4.74 Å². The fourth-order valence-electron chi connectivity index (χ4n) is 1.44. The third-order valence-corrected chi connectivity index (χ3v) is 4.25. The van der Waals surface area contributed by atoms with Crippen LogP contribution in [0.3, 0.4) is 0 Å². The van der Waals surface area contributed by atoms with Crippen molar-refractivity contribution in [2.24, 2.45) is 0 Å². The van der Waals surface area contributed by atoms with E-state index >= 15 is 0 Å². The molecule has 0 radical (unpaired) electrons. The molecule has 0 aliphatic rings. The van der Waals surface area contributed by atoms with E-state index in [2.05, 4.69) is 5.32 Å². The van der Waals surface area contributed by atoms with Crippen LogP contribution in [0.1, 0.15) is 12.5 Å². The predicted molar refractivity (Wildman–Crippen MR) is 67.8 cm³/mol. The van der Waals surface area contributed by atoms with Crippen molar-refractivity contribution < 1.29 is 13.2 Å². The molecule has 17 heavy (non-hydrogen) atoms. The summed E-state index contributed by atoms with van der Waals surface area (Å²) in [4.78, 5) is 0.397. The average molecular weight is 257 g/mol. The van der Waals surface area contributed by atoms with Crippen LogP contribution in [0.2, 0.25) is 0 Å². The summed E-state index contributed by atoms with van der Waals surface area (Å²) >= 11 is 0. The fraction of sp³-hybridized carbons (Fsp3) is 0.500. The molecule has 0 unspecified atom stereocenters. The first-order valence-electron chi connectivity index (χ1n) is 5.61. The second-order valence-corrected chi connectivity index (χ2v) is 6.01. The highest BCUT2D eigenvalue weighted by atomic mass is 32.2. The molecule has 1 aromatic carbocycles. The van der Waals surface area contributed by atoms with Crippen molar-refractivity contribution in [1.29, 1.82) is 0 Å². The topological polar surface area (TPSA) is 55.4 Å². The van der Waals surface area contributed by atoms with E-state index in [1.54, 1.807) is 26.2 Å². The number of hydrogen-bond donors (Lipinski definition) is 1. The largest absolute Gasteiger partial charge is 0.370 e. The lowest BCUT2D eigenvalue weighted by Crippen LogP contribution is -2.19. The van der Waals surface area contributed by atoms with Gasteiger partial charge in [-0.25, -0.2) is 8.42 Å². The van der Waals surface area contributed by atoms with Gasteiger partial charge in [0.15, 0.2) is 9.84 Å². The molecule has 4 nitrogen and oxygen atoms in total. The molecule has 1 rings (SSSR count). The Labute approximate surface area is 103 Å². The number of methoxy groups -OCH3 is 1. The van der Waals surface area contributed by atoms with Gasteiger partial charge in [0.05, 0.1) is 17.4 Å². The lowest BCUT2D eigenvalue weighted by atomic mass is 10.1. The predicted octanol–water partition coefficient (Wildman–Crippen LogP) is 1.22. The van der Waals surface area contributed by atoms with E-state index in [-0.39, 0.29) is 5.75 Å². The summed E-state index contributed by atoms with van der Waals surface area (Å²) in [6.07, 6.45) is 0.857. The first-order valence-corrected chi connectivity index (χ1v) is 7.26. The van der Waals surface area contributed by atoms with Crippen LogP contribution in [0.4, 0.5) is 0 Å². The Bertz CT molecular complexity index is 426. The second-order valence-electron chi connectivity index (χ2n) is 3.73. The fourth-order valence-corrected chi connectivity index (χ4v) is 2.32. The number of rotatable bonds is 7. The highest BCUT2D eigenvalue weighted by Crippen LogP contribution is 2.12. The normalized spacial score (nSPS) is 11.6. The third kappa shape index (κ3) is 4.46. The van der Waals surface area contributed by atoms with Gasteiger partial charge in [0.2, 0.25) is 0 Å². The summed E-state index contributed by atoms with van der Waals surface area (Å²) in [7, 11) is -1.44. The summed E-state index contributed by atoms with van der Waals surface area (Å²) in [6.45, 7) is 2.99. The minimum absolute atomic E-state index is 0.141. The number of benzene rings is 1. The Morgan fingerprint density at radius 1 is 1.24 bits per heavy atom. The van der Waals surface area contributed by atoms with Crippen molar-refractivity contribution in [3.05, 3.63) is 29.8 Å². The molecule has 0 fully saturated rings. The van der Waals surface area contributed by atoms with Gasteiger partial charge in [-0.15, -0.1) is 0 Å². The van der Waals surface area contributed by atoms with Crippen LogP contribution >= 0.6 is 0 Å². The molecule has 1 N–H and O–H groups in total. The molecular weight excluding hydrogens is 238 g/mol. The van der Waals surface area contributed by atoms with Crippen LogP contribution in [0.5, 0.6) is 0 Å². The number of hydrogen-bond acceptors (Lipinski definition) is 4. The van der Waals surface area contributed by atoms with Gasteiger partial charge in [0.25, 0.3) is 0 Å². The molecule has 0 bridgehead atoms. The molecule has 0 saturated carbocycles. The quantitative estimate of drug-likeness (QED) is 0.589. The SMILES string of the molecule is CCS(=O)(=O)c1ccc(CCNCOC)cc1. The number of nitrogens with one attached hydrogen (secondary N) is 1. The highest BCUT2D eigenvalue weighted by Gasteiger charge is 2.10. The Hall–Kier alpha value is -0.910. The summed E-state index contributed by atoms with van der Waals surface area (Å²) < 4.78 is 28.0. The Balaban J connectivity index is 2.57. The van der Waals surface area contributed by atoms with Crippen molar-refractivity contribution in [2.75, 3.05) is 26.1 Å².